The van der Waals surface area contributed by atoms with Crippen LogP contribution in [0.1, 0.15) is 16.7 Å². The molecule has 2 aromatic carbocycles. The second-order valence-electron chi connectivity index (χ2n) is 7.35. The van der Waals surface area contributed by atoms with Gasteiger partial charge in [-0.2, -0.15) is 4.98 Å². The van der Waals surface area contributed by atoms with Gasteiger partial charge in [-0.15, -0.1) is 0 Å². The summed E-state index contributed by atoms with van der Waals surface area (Å²) in [5.41, 5.74) is 11.1. The van der Waals surface area contributed by atoms with E-state index in [-0.39, 0.29) is 10.8 Å². The number of aryl methyl sites for hydroxylation is 1. The maximum Gasteiger partial charge on any atom is 0.242 e. The van der Waals surface area contributed by atoms with Gasteiger partial charge in [0.05, 0.1) is 10.6 Å². The van der Waals surface area contributed by atoms with E-state index >= 15 is 0 Å². The first-order chi connectivity index (χ1) is 14.2. The topological polar surface area (TPSA) is 101 Å². The highest BCUT2D eigenvalue weighted by Crippen LogP contribution is 2.26. The molecule has 0 unspecified atom stereocenters. The fourth-order valence-corrected chi connectivity index (χ4v) is 4.00. The molecule has 3 rings (SSSR count). The first-order valence-corrected chi connectivity index (χ1v) is 11.1. The minimum Gasteiger partial charge on any atom is -0.370 e. The van der Waals surface area contributed by atoms with Gasteiger partial charge in [-0.25, -0.2) is 17.7 Å². The molecule has 3 aromatic rings. The van der Waals surface area contributed by atoms with E-state index < -0.39 is 10.0 Å². The van der Waals surface area contributed by atoms with Crippen molar-refractivity contribution in [2.24, 2.45) is 0 Å². The van der Waals surface area contributed by atoms with Crippen molar-refractivity contribution in [1.29, 1.82) is 0 Å². The number of aromatic nitrogens is 2. The number of sulfonamides is 1. The van der Waals surface area contributed by atoms with Gasteiger partial charge in [-0.1, -0.05) is 30.3 Å². The molecule has 0 saturated heterocycles. The third-order valence-electron chi connectivity index (χ3n) is 5.05. The quantitative estimate of drug-likeness (QED) is 0.603. The lowest BCUT2D eigenvalue weighted by atomic mass is 10.0. The van der Waals surface area contributed by atoms with Crippen molar-refractivity contribution in [2.45, 2.75) is 25.2 Å². The van der Waals surface area contributed by atoms with Gasteiger partial charge in [0.1, 0.15) is 5.82 Å². The molecule has 0 spiro atoms. The summed E-state index contributed by atoms with van der Waals surface area (Å²) in [5, 5.41) is 3.28. The number of anilines is 2. The first kappa shape index (κ1) is 21.7. The second kappa shape index (κ2) is 8.81. The van der Waals surface area contributed by atoms with Crippen LogP contribution in [0.25, 0.3) is 11.3 Å². The Bertz CT molecular complexity index is 1140. The number of benzene rings is 2. The zero-order valence-electron chi connectivity index (χ0n) is 17.7. The maximum absolute atomic E-state index is 12.2. The lowest BCUT2D eigenvalue weighted by Crippen LogP contribution is -2.22. The van der Waals surface area contributed by atoms with Crippen LogP contribution in [0.5, 0.6) is 0 Å². The summed E-state index contributed by atoms with van der Waals surface area (Å²) in [4.78, 5) is 8.95. The van der Waals surface area contributed by atoms with Crippen molar-refractivity contribution in [2.75, 3.05) is 31.7 Å². The number of hydrogen-bond donors (Lipinski definition) is 2. The summed E-state index contributed by atoms with van der Waals surface area (Å²) in [6.07, 6.45) is 0.713. The molecule has 0 aliphatic carbocycles. The van der Waals surface area contributed by atoms with E-state index in [4.69, 9.17) is 5.73 Å². The largest absolute Gasteiger partial charge is 0.370 e. The van der Waals surface area contributed by atoms with Crippen molar-refractivity contribution in [1.82, 2.24) is 14.3 Å². The molecule has 7 nitrogen and oxygen atoms in total. The molecular formula is C22H27N5O2S. The molecule has 1 heterocycles. The lowest BCUT2D eigenvalue weighted by Gasteiger charge is -2.12. The van der Waals surface area contributed by atoms with E-state index in [0.29, 0.717) is 18.8 Å². The molecule has 0 fully saturated rings. The Labute approximate surface area is 178 Å². The highest BCUT2D eigenvalue weighted by Gasteiger charge is 2.16. The van der Waals surface area contributed by atoms with Crippen molar-refractivity contribution in [3.63, 3.8) is 0 Å². The van der Waals surface area contributed by atoms with Crippen LogP contribution in [0.4, 0.5) is 11.8 Å². The number of nitrogens with two attached hydrogens (primary N) is 1. The van der Waals surface area contributed by atoms with Crippen molar-refractivity contribution in [3.8, 4) is 11.3 Å². The van der Waals surface area contributed by atoms with Crippen LogP contribution in [0.3, 0.4) is 0 Å². The van der Waals surface area contributed by atoms with Crippen LogP contribution in [-0.2, 0) is 16.4 Å². The van der Waals surface area contributed by atoms with Gasteiger partial charge in [-0.3, -0.25) is 0 Å². The van der Waals surface area contributed by atoms with Gasteiger partial charge in [0.15, 0.2) is 0 Å². The van der Waals surface area contributed by atoms with E-state index in [1.54, 1.807) is 12.1 Å². The summed E-state index contributed by atoms with van der Waals surface area (Å²) in [5.74, 6) is 0.874. The Morgan fingerprint density at radius 3 is 2.40 bits per heavy atom. The summed E-state index contributed by atoms with van der Waals surface area (Å²) >= 11 is 0. The fourth-order valence-electron chi connectivity index (χ4n) is 3.10. The number of nitrogens with zero attached hydrogens (tertiary/aromatic N) is 3. The van der Waals surface area contributed by atoms with Gasteiger partial charge in [0.2, 0.25) is 16.0 Å². The third kappa shape index (κ3) is 4.77. The summed E-state index contributed by atoms with van der Waals surface area (Å²) in [7, 11) is -0.371. The molecule has 0 aliphatic rings. The highest BCUT2D eigenvalue weighted by molar-refractivity contribution is 7.89. The molecule has 0 saturated carbocycles. The molecule has 0 atom stereocenters. The molecule has 3 N–H and O–H groups in total. The van der Waals surface area contributed by atoms with Gasteiger partial charge in [-0.05, 0) is 49.1 Å². The Balaban J connectivity index is 1.70. The molecule has 0 radical (unpaired) electrons. The molecule has 30 heavy (non-hydrogen) atoms. The normalized spacial score (nSPS) is 11.6. The number of nitrogen functional groups attached to an aromatic ring is 1. The van der Waals surface area contributed by atoms with Gasteiger partial charge >= 0.3 is 0 Å². The first-order valence-electron chi connectivity index (χ1n) is 9.65. The Kier molecular flexibility index (Phi) is 6.38. The predicted octanol–water partition coefficient (Wildman–Crippen LogP) is 3.25. The minimum absolute atomic E-state index is 0.217. The van der Waals surface area contributed by atoms with Crippen molar-refractivity contribution in [3.05, 3.63) is 65.2 Å². The number of nitrogens with one attached hydrogen (secondary N) is 1. The Hall–Kier alpha value is -2.97. The molecular weight excluding hydrogens is 398 g/mol. The van der Waals surface area contributed by atoms with Crippen LogP contribution < -0.4 is 11.1 Å². The summed E-state index contributed by atoms with van der Waals surface area (Å²) < 4.78 is 25.5. The van der Waals surface area contributed by atoms with E-state index in [1.165, 1.54) is 24.0 Å². The lowest BCUT2D eigenvalue weighted by molar-refractivity contribution is 0.520. The highest BCUT2D eigenvalue weighted by atomic mass is 32.2. The molecule has 1 aromatic heterocycles. The molecule has 158 valence electrons. The Morgan fingerprint density at radius 2 is 1.73 bits per heavy atom. The van der Waals surface area contributed by atoms with Crippen molar-refractivity contribution < 1.29 is 8.42 Å². The van der Waals surface area contributed by atoms with Gasteiger partial charge < -0.3 is 11.1 Å². The van der Waals surface area contributed by atoms with Crippen LogP contribution >= 0.6 is 0 Å². The predicted molar refractivity (Wildman–Crippen MR) is 121 cm³/mol. The monoisotopic (exact) mass is 425 g/mol. The van der Waals surface area contributed by atoms with Crippen LogP contribution in [0.2, 0.25) is 0 Å². The van der Waals surface area contributed by atoms with Gasteiger partial charge in [0, 0.05) is 32.3 Å². The van der Waals surface area contributed by atoms with Crippen LogP contribution in [-0.4, -0.2) is 43.3 Å². The summed E-state index contributed by atoms with van der Waals surface area (Å²) in [6, 6.07) is 14.9. The number of rotatable bonds is 7. The zero-order valence-corrected chi connectivity index (χ0v) is 18.5. The third-order valence-corrected chi connectivity index (χ3v) is 6.88. The Morgan fingerprint density at radius 1 is 1.03 bits per heavy atom. The molecule has 8 heteroatoms. The smallest absolute Gasteiger partial charge is 0.242 e. The van der Waals surface area contributed by atoms with E-state index in [0.717, 1.165) is 22.4 Å². The minimum atomic E-state index is -3.41. The molecule has 0 aliphatic heterocycles. The second-order valence-corrected chi connectivity index (χ2v) is 9.50. The zero-order chi connectivity index (χ0) is 21.9. The van der Waals surface area contributed by atoms with Crippen molar-refractivity contribution >= 4 is 21.8 Å². The SMILES string of the molecule is Cc1cccc(-c2cc(NCCc3ccc(S(=O)(=O)N(C)C)cc3)nc(N)n2)c1C. The van der Waals surface area contributed by atoms with Crippen LogP contribution in [0.15, 0.2) is 53.4 Å². The average Bonchev–Trinajstić information content (AvgIpc) is 2.70. The number of hydrogen-bond acceptors (Lipinski definition) is 6. The standard InChI is InChI=1S/C22H27N5O2S/c1-15-6-5-7-19(16(15)2)20-14-21(26-22(23)25-20)24-13-12-17-8-10-18(11-9-17)30(28,29)27(3)4/h5-11,14H,12-13H2,1-4H3,(H3,23,24,25,26). The van der Waals surface area contributed by atoms with Gasteiger partial charge in [0.25, 0.3) is 0 Å². The molecule has 0 amide bonds. The van der Waals surface area contributed by atoms with Crippen LogP contribution in [0, 0.1) is 13.8 Å². The fraction of sp³-hybridized carbons (Fsp3) is 0.273. The maximum atomic E-state index is 12.2. The van der Waals surface area contributed by atoms with E-state index in [1.807, 2.05) is 30.3 Å². The summed E-state index contributed by atoms with van der Waals surface area (Å²) in [6.45, 7) is 4.76. The average molecular weight is 426 g/mol. The molecule has 0 bridgehead atoms. The van der Waals surface area contributed by atoms with E-state index in [2.05, 4.69) is 35.2 Å². The van der Waals surface area contributed by atoms with E-state index in [9.17, 15) is 8.42 Å².